The van der Waals surface area contributed by atoms with Gasteiger partial charge in [-0.25, -0.2) is 0 Å². The average Bonchev–Trinajstić information content (AvgIpc) is 2.50. The first-order chi connectivity index (χ1) is 8.37. The number of rotatable bonds is 3. The van der Waals surface area contributed by atoms with E-state index in [-0.39, 0.29) is 5.41 Å². The van der Waals surface area contributed by atoms with Crippen LogP contribution < -0.4 is 0 Å². The van der Waals surface area contributed by atoms with Gasteiger partial charge in [0.2, 0.25) is 0 Å². The minimum absolute atomic E-state index is 0.246. The van der Waals surface area contributed by atoms with Gasteiger partial charge in [0.1, 0.15) is 0 Å². The van der Waals surface area contributed by atoms with Crippen molar-refractivity contribution in [1.29, 1.82) is 0 Å². The van der Waals surface area contributed by atoms with Crippen molar-refractivity contribution in [2.45, 2.75) is 59.0 Å². The largest absolute Gasteiger partial charge is 0.385 e. The summed E-state index contributed by atoms with van der Waals surface area (Å²) in [4.78, 5) is 0. The van der Waals surface area contributed by atoms with E-state index < -0.39 is 5.60 Å². The molecule has 2 atom stereocenters. The minimum atomic E-state index is -0.631. The van der Waals surface area contributed by atoms with Crippen molar-refractivity contribution in [3.63, 3.8) is 0 Å². The van der Waals surface area contributed by atoms with Gasteiger partial charge in [0.15, 0.2) is 0 Å². The summed E-state index contributed by atoms with van der Waals surface area (Å²) >= 11 is 0. The summed E-state index contributed by atoms with van der Waals surface area (Å²) in [6, 6.07) is 8.61. The third kappa shape index (κ3) is 2.47. The maximum atomic E-state index is 11.0. The van der Waals surface area contributed by atoms with Gasteiger partial charge in [0.05, 0.1) is 5.60 Å². The second-order valence-electron chi connectivity index (χ2n) is 6.82. The van der Waals surface area contributed by atoms with Crippen LogP contribution in [0.15, 0.2) is 24.3 Å². The molecule has 2 rings (SSSR count). The third-order valence-electron chi connectivity index (χ3n) is 4.41. The first kappa shape index (κ1) is 13.6. The van der Waals surface area contributed by atoms with Crippen molar-refractivity contribution in [1.82, 2.24) is 0 Å². The Labute approximate surface area is 111 Å². The number of hydrogen-bond donors (Lipinski definition) is 1. The molecular weight excluding hydrogens is 220 g/mol. The molecule has 0 aromatic heterocycles. The Balaban J connectivity index is 2.25. The highest BCUT2D eigenvalue weighted by atomic mass is 16.3. The summed E-state index contributed by atoms with van der Waals surface area (Å²) in [6.07, 6.45) is 4.27. The molecule has 1 aromatic rings. The summed E-state index contributed by atoms with van der Waals surface area (Å²) in [5.74, 6) is 0.338. The molecule has 1 heteroatoms. The van der Waals surface area contributed by atoms with Crippen LogP contribution in [0, 0.1) is 11.3 Å². The van der Waals surface area contributed by atoms with Crippen LogP contribution >= 0.6 is 0 Å². The number of aliphatic hydroxyl groups is 1. The van der Waals surface area contributed by atoms with Gasteiger partial charge >= 0.3 is 0 Å². The molecule has 1 aliphatic carbocycles. The lowest BCUT2D eigenvalue weighted by Gasteiger charge is -2.29. The maximum absolute atomic E-state index is 11.0. The van der Waals surface area contributed by atoms with E-state index in [9.17, 15) is 5.11 Å². The van der Waals surface area contributed by atoms with Crippen LogP contribution in [0.1, 0.15) is 58.1 Å². The highest BCUT2D eigenvalue weighted by Gasteiger charge is 2.48. The minimum Gasteiger partial charge on any atom is -0.385 e. The fourth-order valence-electron chi connectivity index (χ4n) is 3.61. The number of hydrogen-bond acceptors (Lipinski definition) is 1. The molecule has 0 aliphatic heterocycles. The molecule has 1 aliphatic rings. The second kappa shape index (κ2) is 4.70. The Hall–Kier alpha value is -0.820. The summed E-state index contributed by atoms with van der Waals surface area (Å²) in [6.45, 7) is 8.89. The lowest BCUT2D eigenvalue weighted by Crippen LogP contribution is -2.29. The molecule has 100 valence electrons. The van der Waals surface area contributed by atoms with Gasteiger partial charge in [-0.1, -0.05) is 58.4 Å². The predicted octanol–water partition coefficient (Wildman–Crippen LogP) is 4.28. The molecular formula is C17H26O. The van der Waals surface area contributed by atoms with E-state index in [1.807, 2.05) is 0 Å². The van der Waals surface area contributed by atoms with Gasteiger partial charge in [0, 0.05) is 0 Å². The highest BCUT2D eigenvalue weighted by molar-refractivity contribution is 5.29. The normalized spacial score (nSPS) is 30.6. The van der Waals surface area contributed by atoms with Gasteiger partial charge in [-0.2, -0.15) is 0 Å². The molecule has 18 heavy (non-hydrogen) atoms. The summed E-state index contributed by atoms with van der Waals surface area (Å²) < 4.78 is 0. The zero-order chi connectivity index (χ0) is 13.4. The molecule has 0 amide bonds. The first-order valence-electron chi connectivity index (χ1n) is 7.19. The van der Waals surface area contributed by atoms with Crippen molar-refractivity contribution in [3.8, 4) is 0 Å². The molecule has 1 N–H and O–H groups in total. The SMILES string of the molecule is CCCc1ccc(C2(O)CC(C)(C)CC2C)cc1. The van der Waals surface area contributed by atoms with E-state index >= 15 is 0 Å². The van der Waals surface area contributed by atoms with E-state index in [1.54, 1.807) is 0 Å². The van der Waals surface area contributed by atoms with Crippen molar-refractivity contribution in [2.75, 3.05) is 0 Å². The first-order valence-corrected chi connectivity index (χ1v) is 7.19. The third-order valence-corrected chi connectivity index (χ3v) is 4.41. The monoisotopic (exact) mass is 246 g/mol. The fourth-order valence-corrected chi connectivity index (χ4v) is 3.61. The van der Waals surface area contributed by atoms with Crippen LogP contribution in [0.3, 0.4) is 0 Å². The van der Waals surface area contributed by atoms with Gasteiger partial charge in [0.25, 0.3) is 0 Å². The smallest absolute Gasteiger partial charge is 0.0927 e. The topological polar surface area (TPSA) is 20.2 Å². The van der Waals surface area contributed by atoms with E-state index in [0.29, 0.717) is 5.92 Å². The molecule has 1 saturated carbocycles. The summed E-state index contributed by atoms with van der Waals surface area (Å²) in [7, 11) is 0. The Kier molecular flexibility index (Phi) is 3.55. The van der Waals surface area contributed by atoms with Gasteiger partial charge in [-0.05, 0) is 41.7 Å². The molecule has 0 radical (unpaired) electrons. The molecule has 2 unspecified atom stereocenters. The van der Waals surface area contributed by atoms with E-state index in [0.717, 1.165) is 24.8 Å². The fraction of sp³-hybridized carbons (Fsp3) is 0.647. The van der Waals surface area contributed by atoms with E-state index in [1.165, 1.54) is 12.0 Å². The van der Waals surface area contributed by atoms with Crippen LogP contribution in [0.25, 0.3) is 0 Å². The zero-order valence-electron chi connectivity index (χ0n) is 12.2. The van der Waals surface area contributed by atoms with Gasteiger partial charge in [-0.15, -0.1) is 0 Å². The summed E-state index contributed by atoms with van der Waals surface area (Å²) in [5.41, 5.74) is 2.08. The quantitative estimate of drug-likeness (QED) is 0.844. The van der Waals surface area contributed by atoms with Gasteiger partial charge in [-0.3, -0.25) is 0 Å². The number of benzene rings is 1. The van der Waals surface area contributed by atoms with Crippen LogP contribution in [-0.2, 0) is 12.0 Å². The van der Waals surface area contributed by atoms with Crippen molar-refractivity contribution in [2.24, 2.45) is 11.3 Å². The summed E-state index contributed by atoms with van der Waals surface area (Å²) in [5, 5.41) is 11.0. The van der Waals surface area contributed by atoms with Crippen molar-refractivity contribution >= 4 is 0 Å². The predicted molar refractivity (Wildman–Crippen MR) is 76.5 cm³/mol. The molecule has 1 fully saturated rings. The molecule has 0 saturated heterocycles. The van der Waals surface area contributed by atoms with Crippen molar-refractivity contribution in [3.05, 3.63) is 35.4 Å². The Morgan fingerprint density at radius 2 is 1.83 bits per heavy atom. The van der Waals surface area contributed by atoms with Gasteiger partial charge < -0.3 is 5.11 Å². The Morgan fingerprint density at radius 1 is 1.22 bits per heavy atom. The number of aryl methyl sites for hydroxylation is 1. The maximum Gasteiger partial charge on any atom is 0.0927 e. The van der Waals surface area contributed by atoms with E-state index in [4.69, 9.17) is 0 Å². The molecule has 1 aromatic carbocycles. The lowest BCUT2D eigenvalue weighted by molar-refractivity contribution is -0.000852. The molecule has 0 heterocycles. The lowest BCUT2D eigenvalue weighted by atomic mass is 9.83. The zero-order valence-corrected chi connectivity index (χ0v) is 12.2. The van der Waals surface area contributed by atoms with Crippen LogP contribution in [0.2, 0.25) is 0 Å². The van der Waals surface area contributed by atoms with Crippen LogP contribution in [0.4, 0.5) is 0 Å². The Bertz CT molecular complexity index is 404. The highest BCUT2D eigenvalue weighted by Crippen LogP contribution is 2.52. The second-order valence-corrected chi connectivity index (χ2v) is 6.82. The standard InChI is InChI=1S/C17H26O/c1-5-6-14-7-9-15(10-8-14)17(18)12-16(3,4)11-13(17)2/h7-10,13,18H,5-6,11-12H2,1-4H3. The molecule has 0 bridgehead atoms. The Morgan fingerprint density at radius 3 is 2.28 bits per heavy atom. The molecule has 0 spiro atoms. The van der Waals surface area contributed by atoms with Crippen molar-refractivity contribution < 1.29 is 5.11 Å². The average molecular weight is 246 g/mol. The van der Waals surface area contributed by atoms with E-state index in [2.05, 4.69) is 52.0 Å². The molecule has 1 nitrogen and oxygen atoms in total. The van der Waals surface area contributed by atoms with Crippen LogP contribution in [-0.4, -0.2) is 5.11 Å². The van der Waals surface area contributed by atoms with Crippen LogP contribution in [0.5, 0.6) is 0 Å².